The van der Waals surface area contributed by atoms with Gasteiger partial charge in [-0.2, -0.15) is 0 Å². The molecule has 0 spiro atoms. The lowest BCUT2D eigenvalue weighted by atomic mass is 10.0. The number of rotatable bonds is 4. The van der Waals surface area contributed by atoms with Crippen molar-refractivity contribution in [3.63, 3.8) is 0 Å². The summed E-state index contributed by atoms with van der Waals surface area (Å²) in [5, 5.41) is 9.06. The van der Waals surface area contributed by atoms with Gasteiger partial charge in [-0.15, -0.1) is 0 Å². The monoisotopic (exact) mass is 258 g/mol. The highest BCUT2D eigenvalue weighted by molar-refractivity contribution is 5.63. The van der Waals surface area contributed by atoms with Crippen molar-refractivity contribution in [2.75, 3.05) is 6.61 Å². The molecule has 1 N–H and O–H groups in total. The standard InChI is InChI=1S/C16H22N2O/c1-11(2)13-5-7-14(8-6-13)16-12(3)17-15(9-10-19)18(16)4/h5-8,11,19H,9-10H2,1-4H3. The zero-order valence-corrected chi connectivity index (χ0v) is 12.1. The molecule has 19 heavy (non-hydrogen) atoms. The number of hydrogen-bond donors (Lipinski definition) is 1. The molecule has 0 bridgehead atoms. The van der Waals surface area contributed by atoms with Gasteiger partial charge in [0.25, 0.3) is 0 Å². The maximum Gasteiger partial charge on any atom is 0.111 e. The summed E-state index contributed by atoms with van der Waals surface area (Å²) in [6.07, 6.45) is 0.599. The van der Waals surface area contributed by atoms with Crippen LogP contribution in [0.1, 0.15) is 36.8 Å². The molecule has 0 saturated heterocycles. The van der Waals surface area contributed by atoms with Crippen LogP contribution in [-0.2, 0) is 13.5 Å². The van der Waals surface area contributed by atoms with Crippen LogP contribution in [0.5, 0.6) is 0 Å². The number of hydrogen-bond acceptors (Lipinski definition) is 2. The molecule has 0 atom stereocenters. The Labute approximate surface area is 114 Å². The maximum atomic E-state index is 9.06. The minimum Gasteiger partial charge on any atom is -0.396 e. The quantitative estimate of drug-likeness (QED) is 0.915. The summed E-state index contributed by atoms with van der Waals surface area (Å²) in [7, 11) is 2.01. The van der Waals surface area contributed by atoms with Gasteiger partial charge in [0.15, 0.2) is 0 Å². The van der Waals surface area contributed by atoms with Gasteiger partial charge in [-0.25, -0.2) is 4.98 Å². The van der Waals surface area contributed by atoms with Crippen LogP contribution in [0.25, 0.3) is 11.3 Å². The summed E-state index contributed by atoms with van der Waals surface area (Å²) >= 11 is 0. The van der Waals surface area contributed by atoms with E-state index in [2.05, 4.69) is 47.7 Å². The fraction of sp³-hybridized carbons (Fsp3) is 0.438. The smallest absolute Gasteiger partial charge is 0.111 e. The van der Waals surface area contributed by atoms with E-state index in [9.17, 15) is 0 Å². The number of nitrogens with zero attached hydrogens (tertiary/aromatic N) is 2. The van der Waals surface area contributed by atoms with Gasteiger partial charge in [-0.1, -0.05) is 38.1 Å². The third kappa shape index (κ3) is 2.71. The first-order valence-corrected chi connectivity index (χ1v) is 6.78. The van der Waals surface area contributed by atoms with Crippen molar-refractivity contribution >= 4 is 0 Å². The number of aliphatic hydroxyl groups excluding tert-OH is 1. The van der Waals surface area contributed by atoms with E-state index >= 15 is 0 Å². The molecular formula is C16H22N2O. The van der Waals surface area contributed by atoms with Gasteiger partial charge < -0.3 is 9.67 Å². The van der Waals surface area contributed by atoms with Crippen molar-refractivity contribution in [2.45, 2.75) is 33.1 Å². The van der Waals surface area contributed by atoms with E-state index in [0.717, 1.165) is 17.2 Å². The molecule has 0 saturated carbocycles. The Morgan fingerprint density at radius 1 is 1.21 bits per heavy atom. The van der Waals surface area contributed by atoms with Crippen molar-refractivity contribution in [2.24, 2.45) is 7.05 Å². The van der Waals surface area contributed by atoms with Gasteiger partial charge in [0, 0.05) is 19.0 Å². The highest BCUT2D eigenvalue weighted by Crippen LogP contribution is 2.26. The molecule has 0 aliphatic rings. The average molecular weight is 258 g/mol. The molecule has 0 unspecified atom stereocenters. The average Bonchev–Trinajstić information content (AvgIpc) is 2.65. The Hall–Kier alpha value is -1.61. The Bertz CT molecular complexity index is 553. The normalized spacial score (nSPS) is 11.3. The first-order valence-electron chi connectivity index (χ1n) is 6.78. The molecule has 0 aliphatic carbocycles. The first-order chi connectivity index (χ1) is 9.04. The summed E-state index contributed by atoms with van der Waals surface area (Å²) < 4.78 is 2.08. The zero-order chi connectivity index (χ0) is 14.0. The number of aliphatic hydroxyl groups is 1. The van der Waals surface area contributed by atoms with Crippen LogP contribution >= 0.6 is 0 Å². The number of aryl methyl sites for hydroxylation is 1. The lowest BCUT2D eigenvalue weighted by molar-refractivity contribution is 0.295. The minimum absolute atomic E-state index is 0.135. The molecular weight excluding hydrogens is 236 g/mol. The number of benzene rings is 1. The fourth-order valence-electron chi connectivity index (χ4n) is 2.45. The molecule has 2 rings (SSSR count). The molecule has 3 nitrogen and oxygen atoms in total. The van der Waals surface area contributed by atoms with E-state index in [1.165, 1.54) is 11.1 Å². The van der Waals surface area contributed by atoms with Crippen LogP contribution in [-0.4, -0.2) is 21.3 Å². The van der Waals surface area contributed by atoms with E-state index in [1.54, 1.807) is 0 Å². The molecule has 0 fully saturated rings. The molecule has 3 heteroatoms. The van der Waals surface area contributed by atoms with Crippen LogP contribution < -0.4 is 0 Å². The maximum absolute atomic E-state index is 9.06. The lowest BCUT2D eigenvalue weighted by Crippen LogP contribution is -2.02. The Morgan fingerprint density at radius 2 is 1.84 bits per heavy atom. The fourth-order valence-corrected chi connectivity index (χ4v) is 2.45. The Kier molecular flexibility index (Phi) is 4.05. The van der Waals surface area contributed by atoms with E-state index in [-0.39, 0.29) is 6.61 Å². The van der Waals surface area contributed by atoms with Crippen LogP contribution in [0, 0.1) is 6.92 Å². The second-order valence-electron chi connectivity index (χ2n) is 5.27. The largest absolute Gasteiger partial charge is 0.396 e. The molecule has 1 aromatic carbocycles. The Balaban J connectivity index is 2.41. The van der Waals surface area contributed by atoms with Gasteiger partial charge in [-0.05, 0) is 18.4 Å². The minimum atomic E-state index is 0.135. The van der Waals surface area contributed by atoms with Crippen molar-refractivity contribution < 1.29 is 5.11 Å². The van der Waals surface area contributed by atoms with Crippen LogP contribution in [0.15, 0.2) is 24.3 Å². The zero-order valence-electron chi connectivity index (χ0n) is 12.1. The predicted octanol–water partition coefficient (Wildman–Crippen LogP) is 3.05. The topological polar surface area (TPSA) is 38.1 Å². The number of aromatic nitrogens is 2. The molecule has 1 heterocycles. The lowest BCUT2D eigenvalue weighted by Gasteiger charge is -2.09. The predicted molar refractivity (Wildman–Crippen MR) is 78.3 cm³/mol. The van der Waals surface area contributed by atoms with Crippen molar-refractivity contribution in [3.05, 3.63) is 41.3 Å². The van der Waals surface area contributed by atoms with E-state index in [1.807, 2.05) is 14.0 Å². The third-order valence-corrected chi connectivity index (χ3v) is 3.55. The summed E-state index contributed by atoms with van der Waals surface area (Å²) in [5.41, 5.74) is 4.68. The molecule has 0 aliphatic heterocycles. The van der Waals surface area contributed by atoms with E-state index in [4.69, 9.17) is 5.11 Å². The number of imidazole rings is 1. The van der Waals surface area contributed by atoms with E-state index in [0.29, 0.717) is 12.3 Å². The van der Waals surface area contributed by atoms with Crippen LogP contribution in [0.3, 0.4) is 0 Å². The van der Waals surface area contributed by atoms with Crippen LogP contribution in [0.2, 0.25) is 0 Å². The SMILES string of the molecule is Cc1nc(CCO)n(C)c1-c1ccc(C(C)C)cc1. The summed E-state index contributed by atoms with van der Waals surface area (Å²) in [4.78, 5) is 4.54. The second kappa shape index (κ2) is 5.57. The summed E-state index contributed by atoms with van der Waals surface area (Å²) in [5.74, 6) is 1.48. The van der Waals surface area contributed by atoms with Gasteiger partial charge >= 0.3 is 0 Å². The van der Waals surface area contributed by atoms with Gasteiger partial charge in [0.05, 0.1) is 18.0 Å². The molecule has 0 radical (unpaired) electrons. The van der Waals surface area contributed by atoms with Crippen molar-refractivity contribution in [1.82, 2.24) is 9.55 Å². The van der Waals surface area contributed by atoms with Gasteiger partial charge in [0.2, 0.25) is 0 Å². The van der Waals surface area contributed by atoms with Crippen LogP contribution in [0.4, 0.5) is 0 Å². The third-order valence-electron chi connectivity index (χ3n) is 3.55. The summed E-state index contributed by atoms with van der Waals surface area (Å²) in [6.45, 7) is 6.55. The van der Waals surface area contributed by atoms with Crippen molar-refractivity contribution in [1.29, 1.82) is 0 Å². The molecule has 2 aromatic rings. The molecule has 1 aromatic heterocycles. The van der Waals surface area contributed by atoms with E-state index < -0.39 is 0 Å². The van der Waals surface area contributed by atoms with Crippen molar-refractivity contribution in [3.8, 4) is 11.3 Å². The second-order valence-corrected chi connectivity index (χ2v) is 5.27. The highest BCUT2D eigenvalue weighted by atomic mass is 16.3. The van der Waals surface area contributed by atoms with Gasteiger partial charge in [0.1, 0.15) is 5.82 Å². The highest BCUT2D eigenvalue weighted by Gasteiger charge is 2.13. The summed E-state index contributed by atoms with van der Waals surface area (Å²) in [6, 6.07) is 8.67. The van der Waals surface area contributed by atoms with Gasteiger partial charge in [-0.3, -0.25) is 0 Å². The Morgan fingerprint density at radius 3 is 2.37 bits per heavy atom. The molecule has 0 amide bonds. The molecule has 102 valence electrons. The first kappa shape index (κ1) is 13.8.